The highest BCUT2D eigenvalue weighted by atomic mass is 16.5. The smallest absolute Gasteiger partial charge is 0.251 e. The van der Waals surface area contributed by atoms with E-state index in [9.17, 15) is 9.59 Å². The summed E-state index contributed by atoms with van der Waals surface area (Å²) < 4.78 is 10.5. The fourth-order valence-corrected chi connectivity index (χ4v) is 2.56. The first-order valence-electron chi connectivity index (χ1n) is 8.96. The minimum absolute atomic E-state index is 0.169. The maximum atomic E-state index is 12.4. The average Bonchev–Trinajstić information content (AvgIpc) is 2.71. The van der Waals surface area contributed by atoms with Gasteiger partial charge in [-0.1, -0.05) is 25.5 Å². The van der Waals surface area contributed by atoms with Gasteiger partial charge in [0.2, 0.25) is 0 Å². The van der Waals surface area contributed by atoms with Gasteiger partial charge in [0.1, 0.15) is 0 Å². The van der Waals surface area contributed by atoms with Crippen molar-refractivity contribution in [3.05, 3.63) is 59.2 Å². The summed E-state index contributed by atoms with van der Waals surface area (Å²) in [4.78, 5) is 24.6. The third-order valence-corrected chi connectivity index (χ3v) is 4.10. The summed E-state index contributed by atoms with van der Waals surface area (Å²) in [6.07, 6.45) is 1.94. The minimum atomic E-state index is -0.243. The van der Waals surface area contributed by atoms with Crippen LogP contribution in [0.5, 0.6) is 11.5 Å². The van der Waals surface area contributed by atoms with E-state index in [-0.39, 0.29) is 11.8 Å². The molecule has 0 aromatic heterocycles. The molecule has 6 nitrogen and oxygen atoms in total. The van der Waals surface area contributed by atoms with Crippen LogP contribution in [0.3, 0.4) is 0 Å². The SMILES string of the molecule is CCCCNC(=O)c1cccc(C(=O)NCc2ccc(OC)c(OC)c2)c1. The number of carbonyl (C=O) groups is 2. The van der Waals surface area contributed by atoms with Crippen molar-refractivity contribution in [3.8, 4) is 11.5 Å². The van der Waals surface area contributed by atoms with E-state index in [1.54, 1.807) is 44.6 Å². The van der Waals surface area contributed by atoms with E-state index in [0.717, 1.165) is 18.4 Å². The van der Waals surface area contributed by atoms with Crippen molar-refractivity contribution in [2.45, 2.75) is 26.3 Å². The van der Waals surface area contributed by atoms with E-state index in [0.29, 0.717) is 35.7 Å². The molecule has 2 aromatic rings. The fraction of sp³-hybridized carbons (Fsp3) is 0.333. The molecule has 0 heterocycles. The zero-order valence-electron chi connectivity index (χ0n) is 16.0. The number of amides is 2. The summed E-state index contributed by atoms with van der Waals surface area (Å²) in [5.41, 5.74) is 1.80. The van der Waals surface area contributed by atoms with Gasteiger partial charge in [0, 0.05) is 24.2 Å². The summed E-state index contributed by atoms with van der Waals surface area (Å²) in [5.74, 6) is 0.829. The van der Waals surface area contributed by atoms with Gasteiger partial charge in [-0.05, 0) is 42.3 Å². The van der Waals surface area contributed by atoms with Gasteiger partial charge in [-0.3, -0.25) is 9.59 Å². The molecule has 0 bridgehead atoms. The highest BCUT2D eigenvalue weighted by Gasteiger charge is 2.11. The van der Waals surface area contributed by atoms with Crippen molar-refractivity contribution in [2.75, 3.05) is 20.8 Å². The maximum Gasteiger partial charge on any atom is 0.251 e. The Kier molecular flexibility index (Phi) is 7.67. The van der Waals surface area contributed by atoms with Crippen molar-refractivity contribution >= 4 is 11.8 Å². The topological polar surface area (TPSA) is 76.7 Å². The van der Waals surface area contributed by atoms with Gasteiger partial charge < -0.3 is 20.1 Å². The largest absolute Gasteiger partial charge is 0.493 e. The van der Waals surface area contributed by atoms with Crippen LogP contribution in [0.4, 0.5) is 0 Å². The average molecular weight is 370 g/mol. The Balaban J connectivity index is 2.00. The summed E-state index contributed by atoms with van der Waals surface area (Å²) in [7, 11) is 3.14. The summed E-state index contributed by atoms with van der Waals surface area (Å²) in [5, 5.41) is 5.71. The molecular formula is C21H26N2O4. The first-order valence-corrected chi connectivity index (χ1v) is 8.96. The Bertz CT molecular complexity index is 790. The van der Waals surface area contributed by atoms with E-state index in [4.69, 9.17) is 9.47 Å². The molecule has 0 radical (unpaired) electrons. The van der Waals surface area contributed by atoms with Crippen LogP contribution in [-0.4, -0.2) is 32.6 Å². The van der Waals surface area contributed by atoms with Crippen LogP contribution in [0.15, 0.2) is 42.5 Å². The Labute approximate surface area is 159 Å². The van der Waals surface area contributed by atoms with E-state index in [1.807, 2.05) is 12.1 Å². The maximum absolute atomic E-state index is 12.4. The van der Waals surface area contributed by atoms with Crippen LogP contribution in [-0.2, 0) is 6.54 Å². The van der Waals surface area contributed by atoms with Gasteiger partial charge in [0.15, 0.2) is 11.5 Å². The highest BCUT2D eigenvalue weighted by molar-refractivity contribution is 5.99. The van der Waals surface area contributed by atoms with Gasteiger partial charge in [0.05, 0.1) is 14.2 Å². The number of unbranched alkanes of at least 4 members (excludes halogenated alkanes) is 1. The lowest BCUT2D eigenvalue weighted by atomic mass is 10.1. The van der Waals surface area contributed by atoms with E-state index < -0.39 is 0 Å². The van der Waals surface area contributed by atoms with Crippen LogP contribution < -0.4 is 20.1 Å². The first-order chi connectivity index (χ1) is 13.1. The summed E-state index contributed by atoms with van der Waals surface area (Å²) in [6.45, 7) is 3.03. The number of hydrogen-bond acceptors (Lipinski definition) is 4. The van der Waals surface area contributed by atoms with Gasteiger partial charge in [-0.15, -0.1) is 0 Å². The second-order valence-electron chi connectivity index (χ2n) is 6.06. The predicted octanol–water partition coefficient (Wildman–Crippen LogP) is 3.16. The molecule has 2 amide bonds. The monoisotopic (exact) mass is 370 g/mol. The van der Waals surface area contributed by atoms with Crippen LogP contribution in [0.2, 0.25) is 0 Å². The lowest BCUT2D eigenvalue weighted by molar-refractivity contribution is 0.0950. The first kappa shape index (κ1) is 20.3. The quantitative estimate of drug-likeness (QED) is 0.665. The van der Waals surface area contributed by atoms with Crippen LogP contribution in [0.1, 0.15) is 46.0 Å². The Morgan fingerprint density at radius 3 is 2.19 bits per heavy atom. The Morgan fingerprint density at radius 2 is 1.56 bits per heavy atom. The molecule has 0 aliphatic heterocycles. The normalized spacial score (nSPS) is 10.2. The molecule has 2 N–H and O–H groups in total. The number of ether oxygens (including phenoxy) is 2. The number of rotatable bonds is 9. The van der Waals surface area contributed by atoms with Crippen molar-refractivity contribution in [1.82, 2.24) is 10.6 Å². The third kappa shape index (κ3) is 5.74. The molecule has 2 aromatic carbocycles. The fourth-order valence-electron chi connectivity index (χ4n) is 2.56. The number of methoxy groups -OCH3 is 2. The Morgan fingerprint density at radius 1 is 0.889 bits per heavy atom. The molecule has 6 heteroatoms. The molecule has 2 rings (SSSR count). The second-order valence-corrected chi connectivity index (χ2v) is 6.06. The number of benzene rings is 2. The zero-order chi connectivity index (χ0) is 19.6. The summed E-state index contributed by atoms with van der Waals surface area (Å²) >= 11 is 0. The van der Waals surface area contributed by atoms with Gasteiger partial charge in [0.25, 0.3) is 11.8 Å². The summed E-state index contributed by atoms with van der Waals surface area (Å²) in [6, 6.07) is 12.2. The second kappa shape index (κ2) is 10.2. The Hall–Kier alpha value is -3.02. The number of hydrogen-bond donors (Lipinski definition) is 2. The number of carbonyl (C=O) groups excluding carboxylic acids is 2. The van der Waals surface area contributed by atoms with Gasteiger partial charge >= 0.3 is 0 Å². The van der Waals surface area contributed by atoms with Gasteiger partial charge in [-0.2, -0.15) is 0 Å². The minimum Gasteiger partial charge on any atom is -0.493 e. The molecule has 144 valence electrons. The molecule has 0 saturated heterocycles. The molecule has 0 saturated carbocycles. The standard InChI is InChI=1S/C21H26N2O4/c1-4-5-11-22-20(24)16-7-6-8-17(13-16)21(25)23-14-15-9-10-18(26-2)19(12-15)27-3/h6-10,12-13H,4-5,11,14H2,1-3H3,(H,22,24)(H,23,25). The molecule has 0 fully saturated rings. The van der Waals surface area contributed by atoms with Crippen LogP contribution in [0.25, 0.3) is 0 Å². The van der Waals surface area contributed by atoms with E-state index >= 15 is 0 Å². The lowest BCUT2D eigenvalue weighted by Crippen LogP contribution is -2.26. The van der Waals surface area contributed by atoms with Crippen LogP contribution in [0, 0.1) is 0 Å². The van der Waals surface area contributed by atoms with Crippen molar-refractivity contribution in [1.29, 1.82) is 0 Å². The molecule has 0 spiro atoms. The third-order valence-electron chi connectivity index (χ3n) is 4.10. The molecule has 27 heavy (non-hydrogen) atoms. The van der Waals surface area contributed by atoms with E-state index in [2.05, 4.69) is 17.6 Å². The molecule has 0 aliphatic carbocycles. The number of nitrogens with one attached hydrogen (secondary N) is 2. The molecular weight excluding hydrogens is 344 g/mol. The van der Waals surface area contributed by atoms with Crippen molar-refractivity contribution in [2.24, 2.45) is 0 Å². The molecule has 0 aliphatic rings. The van der Waals surface area contributed by atoms with Crippen molar-refractivity contribution < 1.29 is 19.1 Å². The predicted molar refractivity (Wildman–Crippen MR) is 104 cm³/mol. The van der Waals surface area contributed by atoms with Crippen molar-refractivity contribution in [3.63, 3.8) is 0 Å². The van der Waals surface area contributed by atoms with E-state index in [1.165, 1.54) is 0 Å². The highest BCUT2D eigenvalue weighted by Crippen LogP contribution is 2.27. The van der Waals surface area contributed by atoms with Crippen LogP contribution >= 0.6 is 0 Å². The molecule has 0 unspecified atom stereocenters. The van der Waals surface area contributed by atoms with Gasteiger partial charge in [-0.25, -0.2) is 0 Å². The lowest BCUT2D eigenvalue weighted by Gasteiger charge is -2.11. The zero-order valence-corrected chi connectivity index (χ0v) is 16.0. The molecule has 0 atom stereocenters.